The van der Waals surface area contributed by atoms with Crippen LogP contribution in [0.2, 0.25) is 0 Å². The van der Waals surface area contributed by atoms with Gasteiger partial charge in [-0.15, -0.1) is 23.7 Å². The maximum absolute atomic E-state index is 12.5. The minimum absolute atomic E-state index is 0. The van der Waals surface area contributed by atoms with E-state index in [1.807, 2.05) is 29.6 Å². The van der Waals surface area contributed by atoms with Crippen molar-refractivity contribution in [1.29, 1.82) is 0 Å². The number of benzene rings is 1. The third kappa shape index (κ3) is 5.06. The van der Waals surface area contributed by atoms with E-state index in [1.165, 1.54) is 16.9 Å². The quantitative estimate of drug-likeness (QED) is 0.728. The summed E-state index contributed by atoms with van der Waals surface area (Å²) in [5.41, 5.74) is 2.31. The zero-order valence-electron chi connectivity index (χ0n) is 14.7. The van der Waals surface area contributed by atoms with Gasteiger partial charge in [-0.2, -0.15) is 0 Å². The fraction of sp³-hybridized carbons (Fsp3) is 0.368. The molecule has 1 aromatic carbocycles. The maximum Gasteiger partial charge on any atom is 0.256 e. The molecular formula is C19H24ClN3O2S. The fourth-order valence-electron chi connectivity index (χ4n) is 2.88. The average molecular weight is 394 g/mol. The van der Waals surface area contributed by atoms with Gasteiger partial charge in [0.25, 0.3) is 11.8 Å². The van der Waals surface area contributed by atoms with Gasteiger partial charge in [0.2, 0.25) is 0 Å². The molecule has 2 aromatic rings. The first kappa shape index (κ1) is 20.4. The molecule has 1 saturated heterocycles. The SMILES string of the molecule is CCc1ccc(C(=O)Nc2sccc2C(=O)NC2CCNCC2)cc1.Cl. The third-order valence-electron chi connectivity index (χ3n) is 4.44. The largest absolute Gasteiger partial charge is 0.349 e. The number of amides is 2. The summed E-state index contributed by atoms with van der Waals surface area (Å²) in [5.74, 6) is -0.314. The van der Waals surface area contributed by atoms with E-state index in [0.717, 1.165) is 32.4 Å². The summed E-state index contributed by atoms with van der Waals surface area (Å²) in [5, 5.41) is 11.6. The van der Waals surface area contributed by atoms with E-state index in [4.69, 9.17) is 0 Å². The van der Waals surface area contributed by atoms with E-state index in [2.05, 4.69) is 22.9 Å². The number of aryl methyl sites for hydroxylation is 1. The van der Waals surface area contributed by atoms with Crippen molar-refractivity contribution in [3.8, 4) is 0 Å². The highest BCUT2D eigenvalue weighted by Gasteiger charge is 2.20. The molecule has 0 saturated carbocycles. The number of rotatable bonds is 5. The molecule has 0 radical (unpaired) electrons. The molecule has 5 nitrogen and oxygen atoms in total. The minimum atomic E-state index is -0.194. The molecule has 7 heteroatoms. The molecule has 1 aromatic heterocycles. The maximum atomic E-state index is 12.5. The summed E-state index contributed by atoms with van der Waals surface area (Å²) in [6.45, 7) is 3.92. The summed E-state index contributed by atoms with van der Waals surface area (Å²) in [7, 11) is 0. The Morgan fingerprint density at radius 1 is 1.12 bits per heavy atom. The lowest BCUT2D eigenvalue weighted by Crippen LogP contribution is -2.42. The molecule has 2 heterocycles. The number of hydrogen-bond acceptors (Lipinski definition) is 4. The Morgan fingerprint density at radius 3 is 2.46 bits per heavy atom. The lowest BCUT2D eigenvalue weighted by atomic mass is 10.1. The highest BCUT2D eigenvalue weighted by atomic mass is 35.5. The molecule has 1 fully saturated rings. The number of thiophene rings is 1. The van der Waals surface area contributed by atoms with E-state index in [0.29, 0.717) is 16.1 Å². The van der Waals surface area contributed by atoms with E-state index < -0.39 is 0 Å². The van der Waals surface area contributed by atoms with Crippen molar-refractivity contribution in [2.45, 2.75) is 32.2 Å². The minimum Gasteiger partial charge on any atom is -0.349 e. The summed E-state index contributed by atoms with van der Waals surface area (Å²) in [6.07, 6.45) is 2.80. The van der Waals surface area contributed by atoms with E-state index in [1.54, 1.807) is 6.07 Å². The monoisotopic (exact) mass is 393 g/mol. The highest BCUT2D eigenvalue weighted by molar-refractivity contribution is 7.14. The van der Waals surface area contributed by atoms with Gasteiger partial charge < -0.3 is 16.0 Å². The molecular weight excluding hydrogens is 370 g/mol. The highest BCUT2D eigenvalue weighted by Crippen LogP contribution is 2.24. The predicted molar refractivity (Wildman–Crippen MR) is 109 cm³/mol. The van der Waals surface area contributed by atoms with Crippen LogP contribution in [0.25, 0.3) is 0 Å². The molecule has 3 rings (SSSR count). The zero-order valence-corrected chi connectivity index (χ0v) is 16.3. The van der Waals surface area contributed by atoms with E-state index >= 15 is 0 Å². The number of hydrogen-bond donors (Lipinski definition) is 3. The molecule has 0 bridgehead atoms. The van der Waals surface area contributed by atoms with Crippen LogP contribution in [0.3, 0.4) is 0 Å². The Labute approximate surface area is 164 Å². The van der Waals surface area contributed by atoms with Gasteiger partial charge in [-0.05, 0) is 61.5 Å². The molecule has 0 atom stereocenters. The summed E-state index contributed by atoms with van der Waals surface area (Å²) in [6, 6.07) is 9.49. The number of anilines is 1. The topological polar surface area (TPSA) is 70.2 Å². The Morgan fingerprint density at radius 2 is 1.81 bits per heavy atom. The van der Waals surface area contributed by atoms with Gasteiger partial charge in [-0.1, -0.05) is 19.1 Å². The van der Waals surface area contributed by atoms with Crippen molar-refractivity contribution in [3.63, 3.8) is 0 Å². The third-order valence-corrected chi connectivity index (χ3v) is 5.27. The van der Waals surface area contributed by atoms with Crippen LogP contribution in [0.5, 0.6) is 0 Å². The van der Waals surface area contributed by atoms with Gasteiger partial charge in [0.15, 0.2) is 0 Å². The van der Waals surface area contributed by atoms with Crippen molar-refractivity contribution in [2.24, 2.45) is 0 Å². The van der Waals surface area contributed by atoms with Gasteiger partial charge in [-0.25, -0.2) is 0 Å². The number of carbonyl (C=O) groups is 2. The number of carbonyl (C=O) groups excluding carboxylic acids is 2. The Bertz CT molecular complexity index is 739. The molecule has 3 N–H and O–H groups in total. The van der Waals surface area contributed by atoms with Crippen molar-refractivity contribution in [3.05, 3.63) is 52.4 Å². The van der Waals surface area contributed by atoms with Crippen LogP contribution in [0.4, 0.5) is 5.00 Å². The second kappa shape index (κ2) is 9.71. The number of nitrogens with one attached hydrogen (secondary N) is 3. The Balaban J connectivity index is 0.00000243. The molecule has 140 valence electrons. The Kier molecular flexibility index (Phi) is 7.63. The van der Waals surface area contributed by atoms with Crippen molar-refractivity contribution >= 4 is 40.6 Å². The molecule has 26 heavy (non-hydrogen) atoms. The second-order valence-electron chi connectivity index (χ2n) is 6.17. The van der Waals surface area contributed by atoms with Gasteiger partial charge in [-0.3, -0.25) is 9.59 Å². The standard InChI is InChI=1S/C19H23N3O2S.ClH/c1-2-13-3-5-14(6-4-13)17(23)22-19-16(9-12-25-19)18(24)21-15-7-10-20-11-8-15;/h3-6,9,12,15,20H,2,7-8,10-11H2,1H3,(H,21,24)(H,22,23);1H. The zero-order chi connectivity index (χ0) is 17.6. The molecule has 0 spiro atoms. The average Bonchev–Trinajstić information content (AvgIpc) is 3.11. The van der Waals surface area contributed by atoms with Gasteiger partial charge in [0, 0.05) is 11.6 Å². The van der Waals surface area contributed by atoms with Crippen molar-refractivity contribution in [1.82, 2.24) is 10.6 Å². The van der Waals surface area contributed by atoms with Crippen LogP contribution in [0.15, 0.2) is 35.7 Å². The van der Waals surface area contributed by atoms with Crippen LogP contribution in [0, 0.1) is 0 Å². The summed E-state index contributed by atoms with van der Waals surface area (Å²) in [4.78, 5) is 25.0. The van der Waals surface area contributed by atoms with Crippen LogP contribution < -0.4 is 16.0 Å². The first-order chi connectivity index (χ1) is 12.2. The molecule has 0 unspecified atom stereocenters. The number of halogens is 1. The molecule has 0 aliphatic carbocycles. The van der Waals surface area contributed by atoms with Gasteiger partial charge in [0.05, 0.1) is 5.56 Å². The van der Waals surface area contributed by atoms with Crippen LogP contribution in [0.1, 0.15) is 46.0 Å². The summed E-state index contributed by atoms with van der Waals surface area (Å²) < 4.78 is 0. The molecule has 2 amide bonds. The Hall–Kier alpha value is -1.89. The van der Waals surface area contributed by atoms with Gasteiger partial charge >= 0.3 is 0 Å². The predicted octanol–water partition coefficient (Wildman–Crippen LogP) is 3.47. The molecule has 1 aliphatic rings. The second-order valence-corrected chi connectivity index (χ2v) is 7.08. The van der Waals surface area contributed by atoms with Crippen LogP contribution in [-0.2, 0) is 6.42 Å². The lowest BCUT2D eigenvalue weighted by molar-refractivity contribution is 0.0931. The van der Waals surface area contributed by atoms with Crippen molar-refractivity contribution in [2.75, 3.05) is 18.4 Å². The smallest absolute Gasteiger partial charge is 0.256 e. The summed E-state index contributed by atoms with van der Waals surface area (Å²) >= 11 is 1.37. The van der Waals surface area contributed by atoms with Crippen LogP contribution in [-0.4, -0.2) is 30.9 Å². The lowest BCUT2D eigenvalue weighted by Gasteiger charge is -2.23. The fourth-order valence-corrected chi connectivity index (χ4v) is 3.66. The van der Waals surface area contributed by atoms with Crippen molar-refractivity contribution < 1.29 is 9.59 Å². The van der Waals surface area contributed by atoms with E-state index in [9.17, 15) is 9.59 Å². The van der Waals surface area contributed by atoms with E-state index in [-0.39, 0.29) is 30.3 Å². The number of piperidine rings is 1. The first-order valence-electron chi connectivity index (χ1n) is 8.66. The normalized spacial score (nSPS) is 14.3. The van der Waals surface area contributed by atoms with Crippen LogP contribution >= 0.6 is 23.7 Å². The first-order valence-corrected chi connectivity index (χ1v) is 9.54. The molecule has 1 aliphatic heterocycles. The van der Waals surface area contributed by atoms with Gasteiger partial charge in [0.1, 0.15) is 5.00 Å².